The quantitative estimate of drug-likeness (QED) is 0.861. The summed E-state index contributed by atoms with van der Waals surface area (Å²) in [6.45, 7) is 5.43. The van der Waals surface area contributed by atoms with Gasteiger partial charge in [-0.05, 0) is 38.0 Å². The fourth-order valence-corrected chi connectivity index (χ4v) is 2.57. The third-order valence-corrected chi connectivity index (χ3v) is 3.88. The van der Waals surface area contributed by atoms with Crippen LogP contribution >= 0.6 is 0 Å². The Morgan fingerprint density at radius 1 is 1.43 bits per heavy atom. The van der Waals surface area contributed by atoms with Crippen LogP contribution in [0.15, 0.2) is 24.5 Å². The molecule has 1 aromatic heterocycles. The summed E-state index contributed by atoms with van der Waals surface area (Å²) in [6.07, 6.45) is 4.47. The predicted molar refractivity (Wildman–Crippen MR) is 79.8 cm³/mol. The average molecular weight is 292 g/mol. The highest BCUT2D eigenvalue weighted by Crippen LogP contribution is 2.22. The molecule has 0 unspecified atom stereocenters. The van der Waals surface area contributed by atoms with Gasteiger partial charge in [-0.15, -0.1) is 0 Å². The minimum absolute atomic E-state index is 0.0135. The lowest BCUT2D eigenvalue weighted by Crippen LogP contribution is -2.47. The van der Waals surface area contributed by atoms with Crippen molar-refractivity contribution >= 4 is 5.91 Å². The Balaban J connectivity index is 1.94. The van der Waals surface area contributed by atoms with E-state index in [1.807, 2.05) is 26.0 Å². The first-order valence-corrected chi connectivity index (χ1v) is 7.29. The smallest absolute Gasteiger partial charge is 0.228 e. The fraction of sp³-hybridized carbons (Fsp3) is 0.625. The summed E-state index contributed by atoms with van der Waals surface area (Å²) in [6, 6.07) is 4.07. The Morgan fingerprint density at radius 2 is 2.14 bits per heavy atom. The molecule has 1 aliphatic heterocycles. The number of nitrogens with zero attached hydrogens (tertiary/aromatic N) is 1. The van der Waals surface area contributed by atoms with Gasteiger partial charge in [0.2, 0.25) is 5.91 Å². The van der Waals surface area contributed by atoms with E-state index in [2.05, 4.69) is 10.3 Å². The molecule has 21 heavy (non-hydrogen) atoms. The number of rotatable bonds is 6. The van der Waals surface area contributed by atoms with Gasteiger partial charge in [0.1, 0.15) is 0 Å². The summed E-state index contributed by atoms with van der Waals surface area (Å²) in [5, 5.41) is 3.11. The van der Waals surface area contributed by atoms with Crippen molar-refractivity contribution in [1.29, 1.82) is 0 Å². The summed E-state index contributed by atoms with van der Waals surface area (Å²) in [7, 11) is 1.61. The normalized spacial score (nSPS) is 22.2. The number of ether oxygens (including phenoxy) is 2. The molecule has 1 amide bonds. The second kappa shape index (κ2) is 7.00. The number of nitrogens with one attached hydrogen (secondary N) is 1. The molecule has 1 saturated heterocycles. The van der Waals surface area contributed by atoms with Crippen molar-refractivity contribution in [3.63, 3.8) is 0 Å². The molecule has 0 bridgehead atoms. The number of amides is 1. The molecule has 2 rings (SSSR count). The van der Waals surface area contributed by atoms with Crippen molar-refractivity contribution in [2.45, 2.75) is 26.3 Å². The van der Waals surface area contributed by atoms with E-state index in [-0.39, 0.29) is 11.9 Å². The molecule has 1 aliphatic rings. The van der Waals surface area contributed by atoms with Crippen molar-refractivity contribution in [3.8, 4) is 0 Å². The zero-order valence-electron chi connectivity index (χ0n) is 13.0. The van der Waals surface area contributed by atoms with Gasteiger partial charge in [-0.3, -0.25) is 9.78 Å². The highest BCUT2D eigenvalue weighted by atomic mass is 16.5. The van der Waals surface area contributed by atoms with Gasteiger partial charge in [0.25, 0.3) is 0 Å². The predicted octanol–water partition coefficient (Wildman–Crippen LogP) is 1.43. The van der Waals surface area contributed by atoms with E-state index in [9.17, 15) is 4.79 Å². The summed E-state index contributed by atoms with van der Waals surface area (Å²) < 4.78 is 10.7. The van der Waals surface area contributed by atoms with Crippen LogP contribution in [0.25, 0.3) is 0 Å². The number of hydrogen-bond donors (Lipinski definition) is 1. The van der Waals surface area contributed by atoms with E-state index in [1.54, 1.807) is 19.5 Å². The van der Waals surface area contributed by atoms with Crippen molar-refractivity contribution < 1.29 is 14.3 Å². The summed E-state index contributed by atoms with van der Waals surface area (Å²) in [4.78, 5) is 16.4. The van der Waals surface area contributed by atoms with Crippen LogP contribution in [0.4, 0.5) is 0 Å². The number of hydrogen-bond acceptors (Lipinski definition) is 4. The van der Waals surface area contributed by atoms with E-state index in [1.165, 1.54) is 5.56 Å². The molecule has 2 atom stereocenters. The van der Waals surface area contributed by atoms with Gasteiger partial charge in [-0.25, -0.2) is 0 Å². The van der Waals surface area contributed by atoms with Crippen molar-refractivity contribution in [3.05, 3.63) is 30.1 Å². The molecule has 0 saturated carbocycles. The van der Waals surface area contributed by atoms with Crippen molar-refractivity contribution in [2.24, 2.45) is 11.3 Å². The van der Waals surface area contributed by atoms with Gasteiger partial charge < -0.3 is 14.8 Å². The minimum atomic E-state index is -0.529. The van der Waals surface area contributed by atoms with E-state index < -0.39 is 5.41 Å². The number of carbonyl (C=O) groups excluding carboxylic acids is 1. The van der Waals surface area contributed by atoms with Gasteiger partial charge in [0, 0.05) is 25.4 Å². The van der Waals surface area contributed by atoms with Crippen LogP contribution in [-0.4, -0.2) is 43.9 Å². The first-order valence-electron chi connectivity index (χ1n) is 7.29. The maximum Gasteiger partial charge on any atom is 0.228 e. The minimum Gasteiger partial charge on any atom is -0.384 e. The summed E-state index contributed by atoms with van der Waals surface area (Å²) in [5.41, 5.74) is 0.689. The average Bonchev–Trinajstić information content (AvgIpc) is 2.87. The van der Waals surface area contributed by atoms with Crippen LogP contribution in [0.1, 0.15) is 19.4 Å². The van der Waals surface area contributed by atoms with E-state index in [0.29, 0.717) is 25.7 Å². The fourth-order valence-electron chi connectivity index (χ4n) is 2.57. The lowest BCUT2D eigenvalue weighted by Gasteiger charge is -2.27. The lowest BCUT2D eigenvalue weighted by molar-refractivity contribution is -0.132. The molecular weight excluding hydrogens is 268 g/mol. The first kappa shape index (κ1) is 15.9. The van der Waals surface area contributed by atoms with Crippen LogP contribution in [0, 0.1) is 11.3 Å². The third kappa shape index (κ3) is 4.25. The maximum absolute atomic E-state index is 12.4. The van der Waals surface area contributed by atoms with Crippen LogP contribution in [0.3, 0.4) is 0 Å². The van der Waals surface area contributed by atoms with Crippen LogP contribution < -0.4 is 5.32 Å². The second-order valence-corrected chi connectivity index (χ2v) is 6.25. The van der Waals surface area contributed by atoms with E-state index in [4.69, 9.17) is 9.47 Å². The highest BCUT2D eigenvalue weighted by molar-refractivity contribution is 5.82. The molecule has 1 aromatic rings. The number of methoxy groups -OCH3 is 1. The Kier molecular flexibility index (Phi) is 5.31. The lowest BCUT2D eigenvalue weighted by atomic mass is 9.91. The molecule has 0 aliphatic carbocycles. The Labute approximate surface area is 126 Å². The maximum atomic E-state index is 12.4. The number of carbonyl (C=O) groups is 1. The SMILES string of the molecule is COCC(C)(C)C(=O)N[C@H]1COC[C@H]1Cc1ccncc1. The van der Waals surface area contributed by atoms with Gasteiger partial charge >= 0.3 is 0 Å². The third-order valence-electron chi connectivity index (χ3n) is 3.88. The molecule has 0 radical (unpaired) electrons. The summed E-state index contributed by atoms with van der Waals surface area (Å²) in [5.74, 6) is 0.314. The molecule has 1 N–H and O–H groups in total. The molecule has 5 heteroatoms. The zero-order valence-corrected chi connectivity index (χ0v) is 13.0. The monoisotopic (exact) mass is 292 g/mol. The van der Waals surface area contributed by atoms with Crippen LogP contribution in [0.2, 0.25) is 0 Å². The van der Waals surface area contributed by atoms with Gasteiger partial charge in [-0.1, -0.05) is 0 Å². The van der Waals surface area contributed by atoms with E-state index in [0.717, 1.165) is 6.42 Å². The Morgan fingerprint density at radius 3 is 2.81 bits per heavy atom. The van der Waals surface area contributed by atoms with Crippen molar-refractivity contribution in [1.82, 2.24) is 10.3 Å². The largest absolute Gasteiger partial charge is 0.384 e. The highest BCUT2D eigenvalue weighted by Gasteiger charge is 2.34. The van der Waals surface area contributed by atoms with Gasteiger partial charge in [-0.2, -0.15) is 0 Å². The molecule has 0 spiro atoms. The van der Waals surface area contributed by atoms with E-state index >= 15 is 0 Å². The second-order valence-electron chi connectivity index (χ2n) is 6.25. The molecule has 2 heterocycles. The van der Waals surface area contributed by atoms with Gasteiger partial charge in [0.05, 0.1) is 31.3 Å². The number of aromatic nitrogens is 1. The Bertz CT molecular complexity index is 462. The topological polar surface area (TPSA) is 60.5 Å². The standard InChI is InChI=1S/C16H24N2O3/c1-16(2,11-20-3)15(19)18-14-10-21-9-13(14)8-12-4-6-17-7-5-12/h4-7,13-14H,8-11H2,1-3H3,(H,18,19)/t13-,14+/m1/s1. The number of pyridine rings is 1. The molecule has 5 nitrogen and oxygen atoms in total. The van der Waals surface area contributed by atoms with Crippen molar-refractivity contribution in [2.75, 3.05) is 26.9 Å². The molecular formula is C16H24N2O3. The Hall–Kier alpha value is -1.46. The zero-order chi connectivity index (χ0) is 15.3. The van der Waals surface area contributed by atoms with Gasteiger partial charge in [0.15, 0.2) is 0 Å². The molecule has 116 valence electrons. The first-order chi connectivity index (χ1) is 10.0. The van der Waals surface area contributed by atoms with Crippen LogP contribution in [0.5, 0.6) is 0 Å². The summed E-state index contributed by atoms with van der Waals surface area (Å²) >= 11 is 0. The molecule has 0 aromatic carbocycles. The van der Waals surface area contributed by atoms with Crippen LogP contribution in [-0.2, 0) is 20.7 Å². The molecule has 1 fully saturated rings.